The van der Waals surface area contributed by atoms with Gasteiger partial charge in [-0.3, -0.25) is 4.79 Å². The Morgan fingerprint density at radius 3 is 2.94 bits per heavy atom. The predicted molar refractivity (Wildman–Crippen MR) is 70.6 cm³/mol. The first-order valence-electron chi connectivity index (χ1n) is 5.86. The Bertz CT molecular complexity index is 469. The number of carbonyl (C=O) groups is 1. The maximum Gasteiger partial charge on any atom is 0.222 e. The molecule has 0 bridgehead atoms. The number of anilines is 1. The van der Waals surface area contributed by atoms with Crippen molar-refractivity contribution in [3.8, 4) is 0 Å². The minimum Gasteiger partial charge on any atom is -0.369 e. The van der Waals surface area contributed by atoms with E-state index in [0.29, 0.717) is 11.0 Å². The molecule has 0 aromatic carbocycles. The molecule has 1 amide bonds. The third-order valence-corrected chi connectivity index (χ3v) is 3.78. The first-order chi connectivity index (χ1) is 8.49. The van der Waals surface area contributed by atoms with Crippen LogP contribution in [0.15, 0.2) is 16.7 Å². The Morgan fingerprint density at radius 2 is 2.33 bits per heavy atom. The molecule has 0 radical (unpaired) electrons. The van der Waals surface area contributed by atoms with Crippen LogP contribution in [0.4, 0.5) is 10.2 Å². The van der Waals surface area contributed by atoms with Crippen molar-refractivity contribution >= 4 is 27.7 Å². The number of piperidine rings is 1. The molecule has 2 heterocycles. The van der Waals surface area contributed by atoms with E-state index >= 15 is 0 Å². The minimum absolute atomic E-state index is 0.156. The van der Waals surface area contributed by atoms with Crippen LogP contribution in [-0.2, 0) is 4.79 Å². The standard InChI is InChI=1S/C12H15BrFN3O/c1-7-2-3-8(11(15)18)6-17(7)12-10(14)4-9(13)5-16-12/h4-5,7-8H,2-3,6H2,1H3,(H2,15,18). The van der Waals surface area contributed by atoms with Crippen LogP contribution in [-0.4, -0.2) is 23.5 Å². The fraction of sp³-hybridized carbons (Fsp3) is 0.500. The van der Waals surface area contributed by atoms with Gasteiger partial charge in [0.15, 0.2) is 11.6 Å². The van der Waals surface area contributed by atoms with E-state index < -0.39 is 0 Å². The van der Waals surface area contributed by atoms with Crippen LogP contribution in [0.25, 0.3) is 0 Å². The van der Waals surface area contributed by atoms with Crippen LogP contribution in [0.1, 0.15) is 19.8 Å². The summed E-state index contributed by atoms with van der Waals surface area (Å²) in [4.78, 5) is 17.2. The summed E-state index contributed by atoms with van der Waals surface area (Å²) in [5, 5.41) is 0. The van der Waals surface area contributed by atoms with Gasteiger partial charge in [0.1, 0.15) is 0 Å². The van der Waals surface area contributed by atoms with Crippen LogP contribution in [0.5, 0.6) is 0 Å². The van der Waals surface area contributed by atoms with Gasteiger partial charge in [-0.15, -0.1) is 0 Å². The van der Waals surface area contributed by atoms with Gasteiger partial charge in [-0.2, -0.15) is 0 Å². The molecule has 1 fully saturated rings. The average molecular weight is 316 g/mol. The Morgan fingerprint density at radius 1 is 1.61 bits per heavy atom. The second-order valence-corrected chi connectivity index (χ2v) is 5.55. The van der Waals surface area contributed by atoms with Crippen molar-refractivity contribution in [3.05, 3.63) is 22.6 Å². The van der Waals surface area contributed by atoms with Gasteiger partial charge in [-0.05, 0) is 41.8 Å². The van der Waals surface area contributed by atoms with Crippen molar-refractivity contribution in [1.29, 1.82) is 0 Å². The van der Waals surface area contributed by atoms with Crippen LogP contribution >= 0.6 is 15.9 Å². The molecule has 1 aromatic heterocycles. The summed E-state index contributed by atoms with van der Waals surface area (Å²) in [5.41, 5.74) is 5.33. The highest BCUT2D eigenvalue weighted by atomic mass is 79.9. The molecule has 1 aromatic rings. The molecule has 1 aliphatic heterocycles. The molecule has 2 atom stereocenters. The highest BCUT2D eigenvalue weighted by Gasteiger charge is 2.30. The monoisotopic (exact) mass is 315 g/mol. The first-order valence-corrected chi connectivity index (χ1v) is 6.65. The fourth-order valence-corrected chi connectivity index (χ4v) is 2.56. The zero-order valence-electron chi connectivity index (χ0n) is 10.1. The maximum atomic E-state index is 13.9. The van der Waals surface area contributed by atoms with Crippen LogP contribution < -0.4 is 10.6 Å². The van der Waals surface area contributed by atoms with Crippen LogP contribution in [0.3, 0.4) is 0 Å². The number of halogens is 2. The molecular formula is C12H15BrFN3O. The quantitative estimate of drug-likeness (QED) is 0.909. The number of hydrogen-bond donors (Lipinski definition) is 1. The summed E-state index contributed by atoms with van der Waals surface area (Å²) in [6.45, 7) is 2.43. The van der Waals surface area contributed by atoms with E-state index in [0.717, 1.165) is 12.8 Å². The molecule has 1 aliphatic rings. The van der Waals surface area contributed by atoms with Gasteiger partial charge in [0, 0.05) is 23.3 Å². The Hall–Kier alpha value is -1.17. The third kappa shape index (κ3) is 2.63. The number of primary amides is 1. The summed E-state index contributed by atoms with van der Waals surface area (Å²) in [6.07, 6.45) is 3.12. The normalized spacial score (nSPS) is 24.1. The van der Waals surface area contributed by atoms with Crippen molar-refractivity contribution < 1.29 is 9.18 Å². The van der Waals surface area contributed by atoms with Crippen molar-refractivity contribution in [2.45, 2.75) is 25.8 Å². The lowest BCUT2D eigenvalue weighted by Gasteiger charge is -2.37. The Labute approximate surface area is 113 Å². The maximum absolute atomic E-state index is 13.9. The Balaban J connectivity index is 2.26. The number of pyridine rings is 1. The van der Waals surface area contributed by atoms with Crippen LogP contribution in [0.2, 0.25) is 0 Å². The molecule has 1 saturated heterocycles. The average Bonchev–Trinajstić information content (AvgIpc) is 2.30. The molecule has 2 unspecified atom stereocenters. The largest absolute Gasteiger partial charge is 0.369 e. The van der Waals surface area contributed by atoms with Gasteiger partial charge in [0.2, 0.25) is 5.91 Å². The second-order valence-electron chi connectivity index (χ2n) is 4.64. The predicted octanol–water partition coefficient (Wildman–Crippen LogP) is 2.07. The molecule has 0 spiro atoms. The summed E-state index contributed by atoms with van der Waals surface area (Å²) in [5.74, 6) is -0.659. The van der Waals surface area contributed by atoms with Crippen molar-refractivity contribution in [2.75, 3.05) is 11.4 Å². The molecule has 4 nitrogen and oxygen atoms in total. The lowest BCUT2D eigenvalue weighted by molar-refractivity contribution is -0.122. The van der Waals surface area contributed by atoms with Gasteiger partial charge in [0.05, 0.1) is 5.92 Å². The van der Waals surface area contributed by atoms with E-state index in [1.807, 2.05) is 11.8 Å². The Kier molecular flexibility index (Phi) is 3.85. The van der Waals surface area contributed by atoms with E-state index in [9.17, 15) is 9.18 Å². The number of carbonyl (C=O) groups excluding carboxylic acids is 1. The van der Waals surface area contributed by atoms with Crippen molar-refractivity contribution in [3.63, 3.8) is 0 Å². The van der Waals surface area contributed by atoms with E-state index in [1.165, 1.54) is 6.07 Å². The van der Waals surface area contributed by atoms with E-state index in [-0.39, 0.29) is 29.5 Å². The molecule has 2 rings (SSSR count). The van der Waals surface area contributed by atoms with Gasteiger partial charge in [-0.25, -0.2) is 9.37 Å². The zero-order valence-corrected chi connectivity index (χ0v) is 11.7. The lowest BCUT2D eigenvalue weighted by atomic mass is 9.93. The SMILES string of the molecule is CC1CCC(C(N)=O)CN1c1ncc(Br)cc1F. The van der Waals surface area contributed by atoms with E-state index in [4.69, 9.17) is 5.73 Å². The smallest absolute Gasteiger partial charge is 0.222 e. The zero-order chi connectivity index (χ0) is 13.3. The molecule has 18 heavy (non-hydrogen) atoms. The molecule has 98 valence electrons. The van der Waals surface area contributed by atoms with Gasteiger partial charge in [-0.1, -0.05) is 0 Å². The summed E-state index contributed by atoms with van der Waals surface area (Å²) in [6, 6.07) is 1.53. The fourth-order valence-electron chi connectivity index (χ4n) is 2.25. The third-order valence-electron chi connectivity index (χ3n) is 3.34. The lowest BCUT2D eigenvalue weighted by Crippen LogP contribution is -2.46. The van der Waals surface area contributed by atoms with Gasteiger partial charge >= 0.3 is 0 Å². The number of nitrogens with two attached hydrogens (primary N) is 1. The van der Waals surface area contributed by atoms with Gasteiger partial charge < -0.3 is 10.6 Å². The molecule has 2 N–H and O–H groups in total. The topological polar surface area (TPSA) is 59.2 Å². The summed E-state index contributed by atoms with van der Waals surface area (Å²) in [7, 11) is 0. The van der Waals surface area contributed by atoms with Crippen LogP contribution in [0, 0.1) is 11.7 Å². The molecule has 6 heteroatoms. The molecular weight excluding hydrogens is 301 g/mol. The van der Waals surface area contributed by atoms with Crippen molar-refractivity contribution in [2.24, 2.45) is 11.7 Å². The number of amides is 1. The molecule has 0 saturated carbocycles. The highest BCUT2D eigenvalue weighted by molar-refractivity contribution is 9.10. The highest BCUT2D eigenvalue weighted by Crippen LogP contribution is 2.28. The van der Waals surface area contributed by atoms with Gasteiger partial charge in [0.25, 0.3) is 0 Å². The first kappa shape index (κ1) is 13.3. The second kappa shape index (κ2) is 5.22. The molecule has 0 aliphatic carbocycles. The number of nitrogens with zero attached hydrogens (tertiary/aromatic N) is 2. The number of hydrogen-bond acceptors (Lipinski definition) is 3. The van der Waals surface area contributed by atoms with Crippen molar-refractivity contribution in [1.82, 2.24) is 4.98 Å². The number of rotatable bonds is 2. The van der Waals surface area contributed by atoms with E-state index in [2.05, 4.69) is 20.9 Å². The minimum atomic E-state index is -0.388. The van der Waals surface area contributed by atoms with E-state index in [1.54, 1.807) is 6.20 Å². The summed E-state index contributed by atoms with van der Waals surface area (Å²) >= 11 is 3.18. The summed E-state index contributed by atoms with van der Waals surface area (Å²) < 4.78 is 14.5. The number of aromatic nitrogens is 1.